The molecule has 1 aliphatic heterocycles. The molecule has 0 radical (unpaired) electrons. The van der Waals surface area contributed by atoms with E-state index in [0.717, 1.165) is 0 Å². The Morgan fingerprint density at radius 3 is 2.53 bits per heavy atom. The van der Waals surface area contributed by atoms with Gasteiger partial charge in [-0.1, -0.05) is 0 Å². The molecular weight excluding hydrogens is 248 g/mol. The molecule has 1 unspecified atom stereocenters. The summed E-state index contributed by atoms with van der Waals surface area (Å²) in [6.45, 7) is 5.18. The average molecular weight is 266 g/mol. The van der Waals surface area contributed by atoms with Gasteiger partial charge in [0.15, 0.2) is 5.57 Å². The third kappa shape index (κ3) is 3.98. The smallest absolute Gasteiger partial charge is 0.351 e. The Morgan fingerprint density at radius 2 is 2.05 bits per heavy atom. The number of rotatable bonds is 2. The fraction of sp³-hybridized carbons (Fsp3) is 0.615. The number of nitrogens with one attached hydrogen (secondary N) is 1. The van der Waals surface area contributed by atoms with Crippen LogP contribution in [0.2, 0.25) is 0 Å². The number of hydrogen-bond donors (Lipinski definition) is 1. The molecular formula is C13H18N2O4. The fourth-order valence-corrected chi connectivity index (χ4v) is 1.72. The van der Waals surface area contributed by atoms with Crippen LogP contribution in [0.1, 0.15) is 33.6 Å². The number of nitrogens with zero attached hydrogens (tertiary/aromatic N) is 1. The molecule has 1 heterocycles. The molecule has 1 fully saturated rings. The number of carbonyl (C=O) groups excluding carboxylic acids is 2. The summed E-state index contributed by atoms with van der Waals surface area (Å²) in [7, 11) is 1.30. The first kappa shape index (κ1) is 15.0. The summed E-state index contributed by atoms with van der Waals surface area (Å²) in [5, 5.41) is 11.9. The van der Waals surface area contributed by atoms with Gasteiger partial charge in [-0.05, 0) is 33.6 Å². The maximum absolute atomic E-state index is 11.9. The Kier molecular flexibility index (Phi) is 4.54. The van der Waals surface area contributed by atoms with Crippen molar-refractivity contribution < 1.29 is 19.1 Å². The second-order valence-electron chi connectivity index (χ2n) is 5.23. The van der Waals surface area contributed by atoms with Crippen molar-refractivity contribution in [1.82, 2.24) is 5.32 Å². The van der Waals surface area contributed by atoms with E-state index in [1.165, 1.54) is 7.11 Å². The Morgan fingerprint density at radius 1 is 1.42 bits per heavy atom. The Balaban J connectivity index is 2.86. The predicted molar refractivity (Wildman–Crippen MR) is 66.7 cm³/mol. The highest BCUT2D eigenvalue weighted by Crippen LogP contribution is 2.21. The predicted octanol–water partition coefficient (Wildman–Crippen LogP) is 1.03. The number of hydrogen-bond acceptors (Lipinski definition) is 6. The standard InChI is InChI=1S/C13H18N2O4/c1-13(2,3)19-11(16)8(7-14)9-5-6-10(15-9)12(17)18-4/h10,15H,5-6H2,1-4H3/b9-8-. The quantitative estimate of drug-likeness (QED) is 0.456. The van der Waals surface area contributed by atoms with Crippen LogP contribution in [0.3, 0.4) is 0 Å². The second-order valence-corrected chi connectivity index (χ2v) is 5.23. The van der Waals surface area contributed by atoms with E-state index in [-0.39, 0.29) is 5.57 Å². The van der Waals surface area contributed by atoms with Gasteiger partial charge in [-0.15, -0.1) is 0 Å². The molecule has 19 heavy (non-hydrogen) atoms. The lowest BCUT2D eigenvalue weighted by molar-refractivity contribution is -0.149. The summed E-state index contributed by atoms with van der Waals surface area (Å²) in [6.07, 6.45) is 0.942. The van der Waals surface area contributed by atoms with Crippen molar-refractivity contribution >= 4 is 11.9 Å². The van der Waals surface area contributed by atoms with Crippen molar-refractivity contribution in [2.24, 2.45) is 0 Å². The van der Waals surface area contributed by atoms with Crippen LogP contribution in [0.5, 0.6) is 0 Å². The lowest BCUT2D eigenvalue weighted by Crippen LogP contribution is -2.32. The van der Waals surface area contributed by atoms with Gasteiger partial charge >= 0.3 is 11.9 Å². The first-order valence-corrected chi connectivity index (χ1v) is 5.99. The van der Waals surface area contributed by atoms with Crippen LogP contribution in [-0.4, -0.2) is 30.7 Å². The van der Waals surface area contributed by atoms with Crippen LogP contribution < -0.4 is 5.32 Å². The number of esters is 2. The van der Waals surface area contributed by atoms with E-state index in [1.54, 1.807) is 20.8 Å². The maximum atomic E-state index is 11.9. The minimum absolute atomic E-state index is 0.0821. The molecule has 6 nitrogen and oxygen atoms in total. The van der Waals surface area contributed by atoms with Crippen molar-refractivity contribution in [3.63, 3.8) is 0 Å². The van der Waals surface area contributed by atoms with Crippen molar-refractivity contribution in [3.05, 3.63) is 11.3 Å². The molecule has 0 amide bonds. The monoisotopic (exact) mass is 266 g/mol. The number of nitriles is 1. The van der Waals surface area contributed by atoms with Gasteiger partial charge in [-0.25, -0.2) is 9.59 Å². The molecule has 0 aromatic rings. The molecule has 0 aliphatic carbocycles. The molecule has 0 spiro atoms. The summed E-state index contributed by atoms with van der Waals surface area (Å²) in [6, 6.07) is 1.33. The van der Waals surface area contributed by atoms with Crippen LogP contribution in [0.4, 0.5) is 0 Å². The molecule has 1 saturated heterocycles. The van der Waals surface area contributed by atoms with Gasteiger partial charge in [0, 0.05) is 5.70 Å². The number of ether oxygens (including phenoxy) is 2. The van der Waals surface area contributed by atoms with Gasteiger partial charge in [0.2, 0.25) is 0 Å². The first-order valence-electron chi connectivity index (χ1n) is 5.99. The summed E-state index contributed by atoms with van der Waals surface area (Å²) in [5.41, 5.74) is -0.311. The molecule has 1 rings (SSSR count). The molecule has 104 valence electrons. The van der Waals surface area contributed by atoms with E-state index in [2.05, 4.69) is 10.1 Å². The van der Waals surface area contributed by atoms with Crippen LogP contribution in [0.25, 0.3) is 0 Å². The van der Waals surface area contributed by atoms with E-state index in [0.29, 0.717) is 18.5 Å². The van der Waals surface area contributed by atoms with Crippen LogP contribution in [0, 0.1) is 11.3 Å². The van der Waals surface area contributed by atoms with Crippen molar-refractivity contribution in [2.75, 3.05) is 7.11 Å². The summed E-state index contributed by atoms with van der Waals surface area (Å²) in [5.74, 6) is -1.08. The summed E-state index contributed by atoms with van der Waals surface area (Å²) < 4.78 is 9.76. The highest BCUT2D eigenvalue weighted by molar-refractivity contribution is 5.94. The van der Waals surface area contributed by atoms with Crippen molar-refractivity contribution in [2.45, 2.75) is 45.3 Å². The zero-order valence-electron chi connectivity index (χ0n) is 11.6. The molecule has 6 heteroatoms. The first-order chi connectivity index (χ1) is 8.78. The van der Waals surface area contributed by atoms with Crippen LogP contribution in [0.15, 0.2) is 11.3 Å². The van der Waals surface area contributed by atoms with E-state index in [9.17, 15) is 9.59 Å². The van der Waals surface area contributed by atoms with Gasteiger partial charge in [0.1, 0.15) is 17.7 Å². The zero-order chi connectivity index (χ0) is 14.6. The third-order valence-electron chi connectivity index (χ3n) is 2.53. The number of carbonyl (C=O) groups is 2. The molecule has 0 saturated carbocycles. The third-order valence-corrected chi connectivity index (χ3v) is 2.53. The van der Waals surface area contributed by atoms with E-state index >= 15 is 0 Å². The van der Waals surface area contributed by atoms with Gasteiger partial charge < -0.3 is 14.8 Å². The lowest BCUT2D eigenvalue weighted by Gasteiger charge is -2.19. The van der Waals surface area contributed by atoms with Crippen molar-refractivity contribution in [1.29, 1.82) is 5.26 Å². The summed E-state index contributed by atoms with van der Waals surface area (Å²) in [4.78, 5) is 23.2. The van der Waals surface area contributed by atoms with Gasteiger partial charge in [0.25, 0.3) is 0 Å². The average Bonchev–Trinajstić information content (AvgIpc) is 2.76. The molecule has 1 atom stereocenters. The number of allylic oxidation sites excluding steroid dienone is 1. The molecule has 1 aliphatic rings. The Labute approximate surface area is 112 Å². The Hall–Kier alpha value is -2.03. The highest BCUT2D eigenvalue weighted by atomic mass is 16.6. The normalized spacial score (nSPS) is 21.1. The van der Waals surface area contributed by atoms with Crippen molar-refractivity contribution in [3.8, 4) is 6.07 Å². The topological polar surface area (TPSA) is 88.4 Å². The van der Waals surface area contributed by atoms with E-state index in [4.69, 9.17) is 10.00 Å². The van der Waals surface area contributed by atoms with Crippen LogP contribution in [-0.2, 0) is 19.1 Å². The molecule has 0 aromatic carbocycles. The second kappa shape index (κ2) is 5.74. The molecule has 0 bridgehead atoms. The summed E-state index contributed by atoms with van der Waals surface area (Å²) >= 11 is 0. The van der Waals surface area contributed by atoms with Gasteiger partial charge in [-0.3, -0.25) is 0 Å². The van der Waals surface area contributed by atoms with E-state index in [1.807, 2.05) is 6.07 Å². The molecule has 0 aromatic heterocycles. The highest BCUT2D eigenvalue weighted by Gasteiger charge is 2.31. The van der Waals surface area contributed by atoms with E-state index < -0.39 is 23.6 Å². The minimum atomic E-state index is -0.678. The minimum Gasteiger partial charge on any atom is -0.467 e. The van der Waals surface area contributed by atoms with Crippen LogP contribution >= 0.6 is 0 Å². The number of methoxy groups -OCH3 is 1. The largest absolute Gasteiger partial charge is 0.467 e. The van der Waals surface area contributed by atoms with Gasteiger partial charge in [0.05, 0.1) is 7.11 Å². The fourth-order valence-electron chi connectivity index (χ4n) is 1.72. The molecule has 1 N–H and O–H groups in total. The lowest BCUT2D eigenvalue weighted by atomic mass is 10.1. The SMILES string of the molecule is COC(=O)C1CC/C(=C(\C#N)C(=O)OC(C)(C)C)N1. The zero-order valence-corrected chi connectivity index (χ0v) is 11.6. The Bertz CT molecular complexity index is 454. The maximum Gasteiger partial charge on any atom is 0.351 e. The van der Waals surface area contributed by atoms with Gasteiger partial charge in [-0.2, -0.15) is 5.26 Å².